The number of amides is 1. The number of aromatic nitrogens is 2. The molecule has 160 valence electrons. The SMILES string of the molecule is CCCCCONC(=O)c1cc2c(ncn2CC)c(F)c1Nc1ccc(C)cc1F. The van der Waals surface area contributed by atoms with Gasteiger partial charge in [-0.3, -0.25) is 9.63 Å². The highest BCUT2D eigenvalue weighted by atomic mass is 19.1. The number of imidazole rings is 1. The molecule has 0 aliphatic rings. The standard InChI is InChI=1S/C22H26F2N4O2/c1-4-6-7-10-30-27-22(29)15-12-18-21(25-13-28(18)5-2)19(24)20(15)26-17-9-8-14(3)11-16(17)23/h8-9,11-13,26H,4-7,10H2,1-3H3,(H,27,29). The summed E-state index contributed by atoms with van der Waals surface area (Å²) in [5.41, 5.74) is 3.58. The molecular weight excluding hydrogens is 390 g/mol. The van der Waals surface area contributed by atoms with Crippen LogP contribution in [0.4, 0.5) is 20.2 Å². The third-order valence-electron chi connectivity index (χ3n) is 4.84. The molecule has 1 aromatic heterocycles. The Hall–Kier alpha value is -3.00. The number of nitrogens with one attached hydrogen (secondary N) is 2. The number of halogens is 2. The summed E-state index contributed by atoms with van der Waals surface area (Å²) in [5.74, 6) is -1.89. The van der Waals surface area contributed by atoms with Gasteiger partial charge in [0, 0.05) is 6.54 Å². The largest absolute Gasteiger partial charge is 0.350 e. The molecule has 1 amide bonds. The van der Waals surface area contributed by atoms with E-state index in [1.165, 1.54) is 24.5 Å². The molecule has 3 rings (SSSR count). The Bertz CT molecular complexity index is 1050. The molecule has 6 nitrogen and oxygen atoms in total. The Morgan fingerprint density at radius 1 is 1.20 bits per heavy atom. The highest BCUT2D eigenvalue weighted by molar-refractivity contribution is 6.04. The minimum Gasteiger partial charge on any atom is -0.350 e. The number of hydrogen-bond acceptors (Lipinski definition) is 4. The van der Waals surface area contributed by atoms with Crippen molar-refractivity contribution in [3.63, 3.8) is 0 Å². The van der Waals surface area contributed by atoms with Crippen LogP contribution in [0, 0.1) is 18.6 Å². The summed E-state index contributed by atoms with van der Waals surface area (Å²) in [7, 11) is 0. The zero-order valence-electron chi connectivity index (χ0n) is 17.4. The number of aryl methyl sites for hydroxylation is 2. The maximum absolute atomic E-state index is 15.3. The van der Waals surface area contributed by atoms with Gasteiger partial charge in [-0.1, -0.05) is 25.8 Å². The predicted molar refractivity (Wildman–Crippen MR) is 113 cm³/mol. The Labute approximate surface area is 174 Å². The van der Waals surface area contributed by atoms with Crippen LogP contribution in [0.1, 0.15) is 49.0 Å². The molecule has 0 fully saturated rings. The average Bonchev–Trinajstić information content (AvgIpc) is 3.14. The second-order valence-electron chi connectivity index (χ2n) is 7.11. The molecule has 2 aromatic carbocycles. The molecule has 8 heteroatoms. The van der Waals surface area contributed by atoms with E-state index in [4.69, 9.17) is 4.84 Å². The lowest BCUT2D eigenvalue weighted by Gasteiger charge is -2.15. The van der Waals surface area contributed by atoms with Crippen molar-refractivity contribution >= 4 is 28.3 Å². The van der Waals surface area contributed by atoms with Gasteiger partial charge in [0.2, 0.25) is 0 Å². The van der Waals surface area contributed by atoms with Gasteiger partial charge in [0.05, 0.1) is 35.4 Å². The second kappa shape index (κ2) is 9.67. The van der Waals surface area contributed by atoms with Crippen LogP contribution >= 0.6 is 0 Å². The molecule has 0 saturated carbocycles. The summed E-state index contributed by atoms with van der Waals surface area (Å²) in [6.07, 6.45) is 4.31. The van der Waals surface area contributed by atoms with E-state index in [1.54, 1.807) is 17.6 Å². The maximum Gasteiger partial charge on any atom is 0.277 e. The Balaban J connectivity index is 1.99. The van der Waals surface area contributed by atoms with Gasteiger partial charge in [-0.15, -0.1) is 0 Å². The quantitative estimate of drug-likeness (QED) is 0.370. The fraction of sp³-hybridized carbons (Fsp3) is 0.364. The highest BCUT2D eigenvalue weighted by Crippen LogP contribution is 2.32. The van der Waals surface area contributed by atoms with Crippen LogP contribution in [0.5, 0.6) is 0 Å². The van der Waals surface area contributed by atoms with Crippen molar-refractivity contribution in [2.45, 2.75) is 46.6 Å². The van der Waals surface area contributed by atoms with Crippen LogP contribution in [0.2, 0.25) is 0 Å². The predicted octanol–water partition coefficient (Wildman–Crippen LogP) is 5.24. The molecule has 2 N–H and O–H groups in total. The van der Waals surface area contributed by atoms with Gasteiger partial charge in [-0.2, -0.15) is 0 Å². The lowest BCUT2D eigenvalue weighted by Crippen LogP contribution is -2.25. The first kappa shape index (κ1) is 21.7. The molecule has 0 spiro atoms. The van der Waals surface area contributed by atoms with Crippen molar-refractivity contribution in [2.75, 3.05) is 11.9 Å². The summed E-state index contributed by atoms with van der Waals surface area (Å²) in [5, 5.41) is 2.73. The van der Waals surface area contributed by atoms with Gasteiger partial charge in [-0.25, -0.2) is 19.2 Å². The molecule has 0 atom stereocenters. The number of carbonyl (C=O) groups excluding carboxylic acids is 1. The van der Waals surface area contributed by atoms with Crippen molar-refractivity contribution in [1.29, 1.82) is 0 Å². The van der Waals surface area contributed by atoms with E-state index in [-0.39, 0.29) is 22.5 Å². The second-order valence-corrected chi connectivity index (χ2v) is 7.11. The summed E-state index contributed by atoms with van der Waals surface area (Å²) in [6.45, 7) is 6.63. The number of fused-ring (bicyclic) bond motifs is 1. The minimum atomic E-state index is -0.726. The molecule has 0 aliphatic carbocycles. The van der Waals surface area contributed by atoms with E-state index in [1.807, 2.05) is 6.92 Å². The third-order valence-corrected chi connectivity index (χ3v) is 4.84. The third kappa shape index (κ3) is 4.59. The number of benzene rings is 2. The molecule has 0 radical (unpaired) electrons. The number of rotatable bonds is 9. The van der Waals surface area contributed by atoms with Gasteiger partial charge >= 0.3 is 0 Å². The Morgan fingerprint density at radius 3 is 2.70 bits per heavy atom. The van der Waals surface area contributed by atoms with Gasteiger partial charge in [0.1, 0.15) is 11.3 Å². The van der Waals surface area contributed by atoms with Gasteiger partial charge < -0.3 is 9.88 Å². The normalized spacial score (nSPS) is 11.1. The zero-order chi connectivity index (χ0) is 21.7. The van der Waals surface area contributed by atoms with Gasteiger partial charge in [0.25, 0.3) is 5.91 Å². The highest BCUT2D eigenvalue weighted by Gasteiger charge is 2.22. The summed E-state index contributed by atoms with van der Waals surface area (Å²) in [6, 6.07) is 6.07. The molecular formula is C22H26F2N4O2. The smallest absolute Gasteiger partial charge is 0.277 e. The number of hydrogen-bond donors (Lipinski definition) is 2. The van der Waals surface area contributed by atoms with Crippen LogP contribution in [0.3, 0.4) is 0 Å². The number of nitrogens with zero attached hydrogens (tertiary/aromatic N) is 2. The summed E-state index contributed by atoms with van der Waals surface area (Å²) in [4.78, 5) is 22.1. The van der Waals surface area contributed by atoms with Crippen LogP contribution in [0.25, 0.3) is 11.0 Å². The molecule has 0 aliphatic heterocycles. The van der Waals surface area contributed by atoms with Crippen molar-refractivity contribution < 1.29 is 18.4 Å². The topological polar surface area (TPSA) is 68.2 Å². The molecule has 30 heavy (non-hydrogen) atoms. The molecule has 3 aromatic rings. The van der Waals surface area contributed by atoms with Crippen LogP contribution in [0.15, 0.2) is 30.6 Å². The van der Waals surface area contributed by atoms with Crippen molar-refractivity contribution in [3.05, 3.63) is 53.4 Å². The fourth-order valence-corrected chi connectivity index (χ4v) is 3.16. The monoisotopic (exact) mass is 416 g/mol. The van der Waals surface area contributed by atoms with E-state index >= 15 is 4.39 Å². The first-order valence-electron chi connectivity index (χ1n) is 10.1. The van der Waals surface area contributed by atoms with Crippen LogP contribution in [-0.4, -0.2) is 22.1 Å². The van der Waals surface area contributed by atoms with E-state index < -0.39 is 17.5 Å². The number of carbonyl (C=O) groups is 1. The van der Waals surface area contributed by atoms with Crippen molar-refractivity contribution in [3.8, 4) is 0 Å². The van der Waals surface area contributed by atoms with Crippen LogP contribution < -0.4 is 10.8 Å². The summed E-state index contributed by atoms with van der Waals surface area (Å²) < 4.78 is 31.4. The minimum absolute atomic E-state index is 0.00525. The number of hydroxylamine groups is 1. The van der Waals surface area contributed by atoms with E-state index in [2.05, 4.69) is 22.7 Å². The zero-order valence-corrected chi connectivity index (χ0v) is 17.4. The lowest BCUT2D eigenvalue weighted by atomic mass is 10.1. The molecule has 0 unspecified atom stereocenters. The average molecular weight is 416 g/mol. The molecule has 1 heterocycles. The van der Waals surface area contributed by atoms with Crippen molar-refractivity contribution in [1.82, 2.24) is 15.0 Å². The first-order valence-corrected chi connectivity index (χ1v) is 10.1. The maximum atomic E-state index is 15.3. The van der Waals surface area contributed by atoms with Crippen LogP contribution in [-0.2, 0) is 11.4 Å². The van der Waals surface area contributed by atoms with Gasteiger partial charge in [-0.05, 0) is 44.0 Å². The molecule has 0 bridgehead atoms. The fourth-order valence-electron chi connectivity index (χ4n) is 3.16. The van der Waals surface area contributed by atoms with Gasteiger partial charge in [0.15, 0.2) is 5.82 Å². The molecule has 0 saturated heterocycles. The number of anilines is 2. The first-order chi connectivity index (χ1) is 14.5. The Morgan fingerprint density at radius 2 is 2.00 bits per heavy atom. The van der Waals surface area contributed by atoms with E-state index in [9.17, 15) is 9.18 Å². The van der Waals surface area contributed by atoms with Crippen molar-refractivity contribution in [2.24, 2.45) is 0 Å². The summed E-state index contributed by atoms with van der Waals surface area (Å²) >= 11 is 0. The lowest BCUT2D eigenvalue weighted by molar-refractivity contribution is 0.0299. The Kier molecular flexibility index (Phi) is 6.99. The number of unbranched alkanes of at least 4 members (excludes halogenated alkanes) is 2. The van der Waals surface area contributed by atoms with E-state index in [0.29, 0.717) is 18.7 Å². The van der Waals surface area contributed by atoms with E-state index in [0.717, 1.165) is 24.8 Å².